The Kier molecular flexibility index (Phi) is 2.40. The van der Waals surface area contributed by atoms with Crippen molar-refractivity contribution < 1.29 is 0 Å². The van der Waals surface area contributed by atoms with Crippen molar-refractivity contribution in [1.29, 1.82) is 0 Å². The van der Waals surface area contributed by atoms with E-state index in [1.54, 1.807) is 0 Å². The van der Waals surface area contributed by atoms with E-state index in [-0.39, 0.29) is 0 Å². The molecule has 0 aromatic heterocycles. The Morgan fingerprint density at radius 3 is 2.57 bits per heavy atom. The van der Waals surface area contributed by atoms with Gasteiger partial charge in [0, 0.05) is 22.5 Å². The maximum atomic E-state index is 3.94. The van der Waals surface area contributed by atoms with Crippen LogP contribution in [0, 0.1) is 6.92 Å². The van der Waals surface area contributed by atoms with Gasteiger partial charge in [0.15, 0.2) is 0 Å². The molecule has 0 spiro atoms. The average molecular weight is 133 g/mol. The predicted molar refractivity (Wildman–Crippen MR) is 38.9 cm³/mol. The lowest BCUT2D eigenvalue weighted by molar-refractivity contribution is 1.24. The van der Waals surface area contributed by atoms with E-state index in [4.69, 9.17) is 0 Å². The van der Waals surface area contributed by atoms with Crippen LogP contribution in [0.15, 0.2) is 0 Å². The summed E-state index contributed by atoms with van der Waals surface area (Å²) in [5, 5.41) is 0.666. The van der Waals surface area contributed by atoms with Crippen LogP contribution in [0.4, 0.5) is 0 Å². The van der Waals surface area contributed by atoms with E-state index in [1.165, 1.54) is 17.3 Å². The fraction of sp³-hybridized carbons (Fsp3) is 0.800. The lowest BCUT2D eigenvalue weighted by atomic mass is 10.6. The van der Waals surface area contributed by atoms with Crippen LogP contribution in [0.25, 0.3) is 0 Å². The molecule has 0 amide bonds. The van der Waals surface area contributed by atoms with Gasteiger partial charge in [-0.3, -0.25) is 0 Å². The number of hydrogen-bond acceptors (Lipinski definition) is 2. The summed E-state index contributed by atoms with van der Waals surface area (Å²) in [6, 6.07) is 0. The van der Waals surface area contributed by atoms with Gasteiger partial charge in [0.1, 0.15) is 0 Å². The van der Waals surface area contributed by atoms with Gasteiger partial charge in [-0.2, -0.15) is 23.5 Å². The Bertz CT molecular complexity index is 48.0. The van der Waals surface area contributed by atoms with E-state index in [0.717, 1.165) is 0 Å². The van der Waals surface area contributed by atoms with Crippen LogP contribution in [0.3, 0.4) is 0 Å². The minimum atomic E-state index is 0.666. The first-order valence-corrected chi connectivity index (χ1v) is 4.62. The van der Waals surface area contributed by atoms with Crippen molar-refractivity contribution in [1.82, 2.24) is 0 Å². The molecular weight excluding hydrogens is 124 g/mol. The van der Waals surface area contributed by atoms with E-state index >= 15 is 0 Å². The van der Waals surface area contributed by atoms with Gasteiger partial charge in [0.05, 0.1) is 0 Å². The molecule has 1 unspecified atom stereocenters. The Morgan fingerprint density at radius 2 is 2.29 bits per heavy atom. The smallest absolute Gasteiger partial charge is 0.0138 e. The summed E-state index contributed by atoms with van der Waals surface area (Å²) >= 11 is 4.01. The van der Waals surface area contributed by atoms with Crippen molar-refractivity contribution in [2.45, 2.75) is 5.25 Å². The van der Waals surface area contributed by atoms with Crippen molar-refractivity contribution in [3.05, 3.63) is 6.92 Å². The van der Waals surface area contributed by atoms with Crippen LogP contribution in [0.1, 0.15) is 0 Å². The minimum Gasteiger partial charge on any atom is -0.160 e. The average Bonchev–Trinajstić information content (AvgIpc) is 1.69. The molecule has 0 nitrogen and oxygen atoms in total. The zero-order valence-corrected chi connectivity index (χ0v) is 5.86. The van der Waals surface area contributed by atoms with E-state index in [2.05, 4.69) is 6.92 Å². The normalized spacial score (nSPS) is 33.0. The lowest BCUT2D eigenvalue weighted by Crippen LogP contribution is -2.08. The van der Waals surface area contributed by atoms with Crippen LogP contribution < -0.4 is 0 Å². The van der Waals surface area contributed by atoms with Crippen LogP contribution in [0.2, 0.25) is 0 Å². The molecule has 0 aromatic rings. The highest BCUT2D eigenvalue weighted by Gasteiger charge is 2.06. The zero-order chi connectivity index (χ0) is 5.11. The predicted octanol–water partition coefficient (Wildman–Crippen LogP) is 1.67. The first-order valence-electron chi connectivity index (χ1n) is 2.42. The second-order valence-corrected chi connectivity index (χ2v) is 4.13. The molecule has 1 rings (SSSR count). The van der Waals surface area contributed by atoms with E-state index in [0.29, 0.717) is 5.25 Å². The van der Waals surface area contributed by atoms with Crippen molar-refractivity contribution in [3.8, 4) is 0 Å². The molecule has 1 saturated heterocycles. The van der Waals surface area contributed by atoms with Gasteiger partial charge in [-0.15, -0.1) is 0 Å². The van der Waals surface area contributed by atoms with Crippen molar-refractivity contribution in [3.63, 3.8) is 0 Å². The number of hydrogen-bond donors (Lipinski definition) is 0. The molecule has 1 fully saturated rings. The quantitative estimate of drug-likeness (QED) is 0.493. The zero-order valence-electron chi connectivity index (χ0n) is 4.22. The fourth-order valence-electron chi connectivity index (χ4n) is 0.537. The van der Waals surface area contributed by atoms with E-state index < -0.39 is 0 Å². The fourth-order valence-corrected chi connectivity index (χ4v) is 2.83. The molecule has 1 radical (unpaired) electrons. The number of thioether (sulfide) groups is 2. The van der Waals surface area contributed by atoms with Crippen LogP contribution >= 0.6 is 23.5 Å². The molecule has 7 heavy (non-hydrogen) atoms. The Hall–Kier alpha value is 0.700. The second-order valence-electron chi connectivity index (χ2n) is 1.57. The lowest BCUT2D eigenvalue weighted by Gasteiger charge is -2.15. The summed E-state index contributed by atoms with van der Waals surface area (Å²) in [6.45, 7) is 3.94. The van der Waals surface area contributed by atoms with Crippen LogP contribution in [-0.4, -0.2) is 22.5 Å². The first kappa shape index (κ1) is 5.83. The first-order chi connectivity index (χ1) is 3.39. The van der Waals surface area contributed by atoms with E-state index in [9.17, 15) is 0 Å². The van der Waals surface area contributed by atoms with Gasteiger partial charge in [-0.1, -0.05) is 0 Å². The highest BCUT2D eigenvalue weighted by Crippen LogP contribution is 2.22. The van der Waals surface area contributed by atoms with Crippen LogP contribution in [-0.2, 0) is 0 Å². The molecule has 0 N–H and O–H groups in total. The summed E-state index contributed by atoms with van der Waals surface area (Å²) in [5.74, 6) is 3.89. The van der Waals surface area contributed by atoms with Gasteiger partial charge in [0.25, 0.3) is 0 Å². The molecule has 1 aliphatic heterocycles. The maximum Gasteiger partial charge on any atom is 0.0138 e. The third-order valence-electron chi connectivity index (χ3n) is 0.885. The van der Waals surface area contributed by atoms with Gasteiger partial charge in [0.2, 0.25) is 0 Å². The Balaban J connectivity index is 2.12. The molecular formula is C5H9S2. The second kappa shape index (κ2) is 2.88. The molecule has 0 bridgehead atoms. The molecule has 0 aliphatic carbocycles. The summed E-state index contributed by atoms with van der Waals surface area (Å²) in [4.78, 5) is 0. The van der Waals surface area contributed by atoms with Crippen molar-refractivity contribution in [2.24, 2.45) is 0 Å². The minimum absolute atomic E-state index is 0.666. The highest BCUT2D eigenvalue weighted by molar-refractivity contribution is 8.06. The standard InChI is InChI=1S/C5H9S2/c1-5-4-6-2-3-7-5/h5H,1-4H2. The van der Waals surface area contributed by atoms with Gasteiger partial charge in [-0.25, -0.2) is 0 Å². The summed E-state index contributed by atoms with van der Waals surface area (Å²) < 4.78 is 0. The van der Waals surface area contributed by atoms with E-state index in [1.807, 2.05) is 23.5 Å². The topological polar surface area (TPSA) is 0 Å². The molecule has 0 aromatic carbocycles. The number of rotatable bonds is 0. The summed E-state index contributed by atoms with van der Waals surface area (Å²) in [6.07, 6.45) is 0. The largest absolute Gasteiger partial charge is 0.160 e. The Labute approximate surface area is 53.4 Å². The molecule has 41 valence electrons. The highest BCUT2D eigenvalue weighted by atomic mass is 32.2. The maximum absolute atomic E-state index is 3.94. The van der Waals surface area contributed by atoms with Crippen molar-refractivity contribution >= 4 is 23.5 Å². The summed E-state index contributed by atoms with van der Waals surface area (Å²) in [7, 11) is 0. The van der Waals surface area contributed by atoms with Gasteiger partial charge >= 0.3 is 0 Å². The third-order valence-corrected chi connectivity index (χ3v) is 3.56. The molecule has 1 heterocycles. The SMILES string of the molecule is [CH2]C1CSCCS1. The van der Waals surface area contributed by atoms with Gasteiger partial charge < -0.3 is 0 Å². The van der Waals surface area contributed by atoms with Crippen molar-refractivity contribution in [2.75, 3.05) is 17.3 Å². The molecule has 1 aliphatic rings. The van der Waals surface area contributed by atoms with Gasteiger partial charge in [-0.05, 0) is 6.92 Å². The molecule has 0 saturated carbocycles. The molecule has 1 atom stereocenters. The summed E-state index contributed by atoms with van der Waals surface area (Å²) in [5.41, 5.74) is 0. The monoisotopic (exact) mass is 133 g/mol. The Morgan fingerprint density at radius 1 is 1.43 bits per heavy atom. The molecule has 2 heteroatoms. The van der Waals surface area contributed by atoms with Crippen LogP contribution in [0.5, 0.6) is 0 Å². The third kappa shape index (κ3) is 1.96.